The summed E-state index contributed by atoms with van der Waals surface area (Å²) < 4.78 is 0. The first-order chi connectivity index (χ1) is 11.2. The van der Waals surface area contributed by atoms with Gasteiger partial charge in [0.15, 0.2) is 5.96 Å². The fourth-order valence-corrected chi connectivity index (χ4v) is 2.88. The molecule has 0 radical (unpaired) electrons. The summed E-state index contributed by atoms with van der Waals surface area (Å²) >= 11 is 1.75. The van der Waals surface area contributed by atoms with E-state index in [9.17, 15) is 0 Å². The van der Waals surface area contributed by atoms with Crippen LogP contribution in [0.25, 0.3) is 0 Å². The van der Waals surface area contributed by atoms with Gasteiger partial charge in [0, 0.05) is 31.1 Å². The van der Waals surface area contributed by atoms with Crippen molar-refractivity contribution in [2.45, 2.75) is 26.1 Å². The van der Waals surface area contributed by atoms with Crippen molar-refractivity contribution in [1.29, 1.82) is 0 Å². The maximum absolute atomic E-state index is 4.28. The number of aliphatic imine (C=N–C) groups is 1. The highest BCUT2D eigenvalue weighted by Gasteiger charge is 2.10. The summed E-state index contributed by atoms with van der Waals surface area (Å²) in [5.41, 5.74) is 1.34. The standard InChI is InChI=1S/C18H26N4S/c1-15(22(3)14-16-8-5-4-6-9-16)12-20-18(19-2)21-13-17-10-7-11-23-17/h4-11,15H,12-14H2,1-3H3,(H2,19,20,21). The molecule has 1 atom stereocenters. The van der Waals surface area contributed by atoms with Crippen LogP contribution in [0.2, 0.25) is 0 Å². The molecule has 0 aliphatic heterocycles. The summed E-state index contributed by atoms with van der Waals surface area (Å²) in [7, 11) is 3.96. The van der Waals surface area contributed by atoms with Crippen LogP contribution in [0.4, 0.5) is 0 Å². The predicted molar refractivity (Wildman–Crippen MR) is 99.9 cm³/mol. The van der Waals surface area contributed by atoms with Crippen LogP contribution in [0.3, 0.4) is 0 Å². The Kier molecular flexibility index (Phi) is 7.10. The van der Waals surface area contributed by atoms with Crippen molar-refractivity contribution in [1.82, 2.24) is 15.5 Å². The summed E-state index contributed by atoms with van der Waals surface area (Å²) in [5.74, 6) is 0.846. The van der Waals surface area contributed by atoms with Crippen molar-refractivity contribution in [2.75, 3.05) is 20.6 Å². The summed E-state index contributed by atoms with van der Waals surface area (Å²) in [4.78, 5) is 7.93. The first-order valence-electron chi connectivity index (χ1n) is 7.90. The third-order valence-electron chi connectivity index (χ3n) is 3.83. The van der Waals surface area contributed by atoms with E-state index in [0.29, 0.717) is 6.04 Å². The number of thiophene rings is 1. The van der Waals surface area contributed by atoms with Gasteiger partial charge in [-0.1, -0.05) is 36.4 Å². The van der Waals surface area contributed by atoms with Gasteiger partial charge in [-0.3, -0.25) is 9.89 Å². The van der Waals surface area contributed by atoms with Crippen molar-refractivity contribution < 1.29 is 0 Å². The molecular weight excluding hydrogens is 304 g/mol. The van der Waals surface area contributed by atoms with E-state index in [1.807, 2.05) is 7.05 Å². The lowest BCUT2D eigenvalue weighted by atomic mass is 10.2. The zero-order valence-electron chi connectivity index (χ0n) is 14.1. The highest BCUT2D eigenvalue weighted by atomic mass is 32.1. The largest absolute Gasteiger partial charge is 0.355 e. The SMILES string of the molecule is CN=C(NCc1cccs1)NCC(C)N(C)Cc1ccccc1. The Balaban J connectivity index is 1.74. The lowest BCUT2D eigenvalue weighted by Crippen LogP contribution is -2.44. The van der Waals surface area contributed by atoms with Gasteiger partial charge in [0.25, 0.3) is 0 Å². The zero-order valence-corrected chi connectivity index (χ0v) is 14.9. The second kappa shape index (κ2) is 9.33. The molecule has 0 bridgehead atoms. The van der Waals surface area contributed by atoms with Gasteiger partial charge in [-0.2, -0.15) is 0 Å². The predicted octanol–water partition coefficient (Wildman–Crippen LogP) is 2.93. The maximum atomic E-state index is 4.28. The molecule has 0 aliphatic rings. The number of guanidine groups is 1. The summed E-state index contributed by atoms with van der Waals surface area (Å²) in [6.45, 7) is 4.84. The Bertz CT molecular complexity index is 580. The van der Waals surface area contributed by atoms with Crippen LogP contribution in [-0.2, 0) is 13.1 Å². The molecule has 124 valence electrons. The third-order valence-corrected chi connectivity index (χ3v) is 4.70. The minimum Gasteiger partial charge on any atom is -0.355 e. The van der Waals surface area contributed by atoms with E-state index in [1.54, 1.807) is 11.3 Å². The number of hydrogen-bond donors (Lipinski definition) is 2. The van der Waals surface area contributed by atoms with Crippen LogP contribution >= 0.6 is 11.3 Å². The van der Waals surface area contributed by atoms with E-state index in [0.717, 1.165) is 25.6 Å². The Morgan fingerprint density at radius 3 is 2.61 bits per heavy atom. The topological polar surface area (TPSA) is 39.7 Å². The Morgan fingerprint density at radius 1 is 1.17 bits per heavy atom. The normalized spacial score (nSPS) is 13.1. The van der Waals surface area contributed by atoms with Crippen LogP contribution in [0.5, 0.6) is 0 Å². The molecule has 0 saturated heterocycles. The molecule has 1 aromatic carbocycles. The van der Waals surface area contributed by atoms with Crippen molar-refractivity contribution in [3.8, 4) is 0 Å². The Labute approximate surface area is 143 Å². The minimum absolute atomic E-state index is 0.412. The van der Waals surface area contributed by atoms with Crippen LogP contribution in [-0.4, -0.2) is 37.5 Å². The Hall–Kier alpha value is -1.85. The average molecular weight is 331 g/mol. The van der Waals surface area contributed by atoms with Crippen molar-refractivity contribution in [2.24, 2.45) is 4.99 Å². The van der Waals surface area contributed by atoms with Crippen LogP contribution < -0.4 is 10.6 Å². The van der Waals surface area contributed by atoms with Crippen molar-refractivity contribution >= 4 is 17.3 Å². The molecule has 4 nitrogen and oxygen atoms in total. The second-order valence-corrected chi connectivity index (χ2v) is 6.67. The monoisotopic (exact) mass is 330 g/mol. The molecule has 0 amide bonds. The first-order valence-corrected chi connectivity index (χ1v) is 8.78. The summed E-state index contributed by atoms with van der Waals surface area (Å²) in [6, 6.07) is 15.2. The van der Waals surface area contributed by atoms with Crippen molar-refractivity contribution in [3.63, 3.8) is 0 Å². The molecule has 5 heteroatoms. The lowest BCUT2D eigenvalue weighted by Gasteiger charge is -2.25. The fraction of sp³-hybridized carbons (Fsp3) is 0.389. The van der Waals surface area contributed by atoms with Crippen molar-refractivity contribution in [3.05, 3.63) is 58.3 Å². The number of nitrogens with one attached hydrogen (secondary N) is 2. The van der Waals surface area contributed by atoms with E-state index in [4.69, 9.17) is 0 Å². The van der Waals surface area contributed by atoms with Gasteiger partial charge >= 0.3 is 0 Å². The van der Waals surface area contributed by atoms with Gasteiger partial charge in [-0.15, -0.1) is 11.3 Å². The first kappa shape index (κ1) is 17.5. The van der Waals surface area contributed by atoms with Crippen LogP contribution in [0.1, 0.15) is 17.4 Å². The number of nitrogens with zero attached hydrogens (tertiary/aromatic N) is 2. The van der Waals surface area contributed by atoms with Gasteiger partial charge in [0.05, 0.1) is 6.54 Å². The smallest absolute Gasteiger partial charge is 0.191 e. The molecule has 2 rings (SSSR count). The van der Waals surface area contributed by atoms with E-state index in [2.05, 4.69) is 82.3 Å². The van der Waals surface area contributed by atoms with Gasteiger partial charge < -0.3 is 10.6 Å². The molecule has 1 unspecified atom stereocenters. The zero-order chi connectivity index (χ0) is 16.5. The molecule has 0 aliphatic carbocycles. The van der Waals surface area contributed by atoms with Gasteiger partial charge in [-0.25, -0.2) is 0 Å². The molecule has 0 fully saturated rings. The van der Waals surface area contributed by atoms with E-state index < -0.39 is 0 Å². The molecule has 0 saturated carbocycles. The molecule has 0 spiro atoms. The number of likely N-dealkylation sites (N-methyl/N-ethyl adjacent to an activating group) is 1. The van der Waals surface area contributed by atoms with Gasteiger partial charge in [0.1, 0.15) is 0 Å². The quantitative estimate of drug-likeness (QED) is 0.606. The van der Waals surface area contributed by atoms with E-state index >= 15 is 0 Å². The second-order valence-electron chi connectivity index (χ2n) is 5.64. The number of benzene rings is 1. The summed E-state index contributed by atoms with van der Waals surface area (Å²) in [6.07, 6.45) is 0. The third kappa shape index (κ3) is 6.04. The van der Waals surface area contributed by atoms with Gasteiger partial charge in [0.2, 0.25) is 0 Å². The van der Waals surface area contributed by atoms with E-state index in [1.165, 1.54) is 10.4 Å². The Morgan fingerprint density at radius 2 is 1.96 bits per heavy atom. The minimum atomic E-state index is 0.412. The molecular formula is C18H26N4S. The highest BCUT2D eigenvalue weighted by molar-refractivity contribution is 7.09. The number of rotatable bonds is 7. The molecule has 2 N–H and O–H groups in total. The number of hydrogen-bond acceptors (Lipinski definition) is 3. The summed E-state index contributed by atoms with van der Waals surface area (Å²) in [5, 5.41) is 8.84. The lowest BCUT2D eigenvalue weighted by molar-refractivity contribution is 0.249. The average Bonchev–Trinajstić information content (AvgIpc) is 3.09. The molecule has 2 aromatic rings. The van der Waals surface area contributed by atoms with Crippen LogP contribution in [0, 0.1) is 0 Å². The van der Waals surface area contributed by atoms with Gasteiger partial charge in [-0.05, 0) is 31.0 Å². The fourth-order valence-electron chi connectivity index (χ4n) is 2.23. The molecule has 1 heterocycles. The maximum Gasteiger partial charge on any atom is 0.191 e. The molecule has 23 heavy (non-hydrogen) atoms. The van der Waals surface area contributed by atoms with Crippen LogP contribution in [0.15, 0.2) is 52.8 Å². The molecule has 1 aromatic heterocycles. The van der Waals surface area contributed by atoms with E-state index in [-0.39, 0.29) is 0 Å². The highest BCUT2D eigenvalue weighted by Crippen LogP contribution is 2.07.